The quantitative estimate of drug-likeness (QED) is 0.833. The molecule has 0 bridgehead atoms. The molecule has 0 saturated carbocycles. The van der Waals surface area contributed by atoms with E-state index in [2.05, 4.69) is 22.9 Å². The number of hydrogen-bond acceptors (Lipinski definition) is 4. The van der Waals surface area contributed by atoms with Gasteiger partial charge >= 0.3 is 0 Å². The average molecular weight is 259 g/mol. The number of rotatable bonds is 3. The molecule has 0 aromatic heterocycles. The van der Waals surface area contributed by atoms with Crippen LogP contribution < -0.4 is 10.7 Å². The van der Waals surface area contributed by atoms with Crippen molar-refractivity contribution in [2.75, 3.05) is 20.3 Å². The van der Waals surface area contributed by atoms with Crippen LogP contribution in [0.2, 0.25) is 0 Å². The maximum absolute atomic E-state index is 12.0. The minimum absolute atomic E-state index is 0.0192. The van der Waals surface area contributed by atoms with Gasteiger partial charge in [0.15, 0.2) is 0 Å². The van der Waals surface area contributed by atoms with Crippen molar-refractivity contribution in [2.24, 2.45) is 0 Å². The summed E-state index contributed by atoms with van der Waals surface area (Å²) >= 11 is 0. The SMILES string of the molecule is COCC1=CC(=O)N2NCC(c3ccccc3)C2N1. The van der Waals surface area contributed by atoms with Crippen molar-refractivity contribution in [3.8, 4) is 0 Å². The normalized spacial score (nSPS) is 25.8. The first-order valence-corrected chi connectivity index (χ1v) is 6.37. The lowest BCUT2D eigenvalue weighted by atomic mass is 9.96. The molecule has 5 heteroatoms. The summed E-state index contributed by atoms with van der Waals surface area (Å²) in [5, 5.41) is 5.04. The van der Waals surface area contributed by atoms with E-state index in [1.165, 1.54) is 5.56 Å². The Balaban J connectivity index is 1.85. The number of carbonyl (C=O) groups excluding carboxylic acids is 1. The molecule has 2 atom stereocenters. The third-order valence-corrected chi connectivity index (χ3v) is 3.54. The summed E-state index contributed by atoms with van der Waals surface area (Å²) in [6, 6.07) is 10.2. The number of ether oxygens (including phenoxy) is 1. The fourth-order valence-corrected chi connectivity index (χ4v) is 2.66. The highest BCUT2D eigenvalue weighted by atomic mass is 16.5. The van der Waals surface area contributed by atoms with E-state index in [0.717, 1.165) is 12.2 Å². The second kappa shape index (κ2) is 5.03. The predicted molar refractivity (Wildman–Crippen MR) is 70.9 cm³/mol. The number of carbonyl (C=O) groups is 1. The van der Waals surface area contributed by atoms with Gasteiger partial charge in [0, 0.05) is 31.3 Å². The number of nitrogens with one attached hydrogen (secondary N) is 2. The molecule has 2 unspecified atom stereocenters. The Morgan fingerprint density at radius 3 is 2.89 bits per heavy atom. The number of benzene rings is 1. The van der Waals surface area contributed by atoms with Crippen molar-refractivity contribution in [1.29, 1.82) is 0 Å². The van der Waals surface area contributed by atoms with Crippen LogP contribution in [0.5, 0.6) is 0 Å². The van der Waals surface area contributed by atoms with Gasteiger partial charge in [-0.25, -0.2) is 5.43 Å². The van der Waals surface area contributed by atoms with Gasteiger partial charge in [0.2, 0.25) is 0 Å². The average Bonchev–Trinajstić information content (AvgIpc) is 2.84. The minimum atomic E-state index is -0.0509. The molecule has 5 nitrogen and oxygen atoms in total. The molecule has 2 aliphatic heterocycles. The first-order chi connectivity index (χ1) is 9.29. The van der Waals surface area contributed by atoms with Crippen molar-refractivity contribution in [3.63, 3.8) is 0 Å². The molecule has 2 N–H and O–H groups in total. The Bertz CT molecular complexity index is 501. The molecule has 1 fully saturated rings. The molecule has 0 radical (unpaired) electrons. The van der Waals surface area contributed by atoms with Gasteiger partial charge in [-0.3, -0.25) is 9.80 Å². The molecular formula is C14H17N3O2. The fraction of sp³-hybridized carbons (Fsp3) is 0.357. The van der Waals surface area contributed by atoms with Crippen LogP contribution in [-0.4, -0.2) is 37.3 Å². The van der Waals surface area contributed by atoms with Crippen LogP contribution in [0.15, 0.2) is 42.1 Å². The molecule has 3 rings (SSSR count). The summed E-state index contributed by atoms with van der Waals surface area (Å²) in [6.45, 7) is 1.18. The van der Waals surface area contributed by atoms with Gasteiger partial charge in [-0.1, -0.05) is 30.3 Å². The Hall–Kier alpha value is -1.85. The summed E-state index contributed by atoms with van der Waals surface area (Å²) in [5.41, 5.74) is 5.21. The Labute approximate surface area is 112 Å². The van der Waals surface area contributed by atoms with Crippen LogP contribution in [0, 0.1) is 0 Å². The first-order valence-electron chi connectivity index (χ1n) is 6.37. The van der Waals surface area contributed by atoms with Crippen LogP contribution in [0.4, 0.5) is 0 Å². The smallest absolute Gasteiger partial charge is 0.264 e. The topological polar surface area (TPSA) is 53.6 Å². The summed E-state index contributed by atoms with van der Waals surface area (Å²) < 4.78 is 5.10. The van der Waals surface area contributed by atoms with Crippen LogP contribution in [-0.2, 0) is 9.53 Å². The van der Waals surface area contributed by atoms with Crippen molar-refractivity contribution in [1.82, 2.24) is 15.8 Å². The van der Waals surface area contributed by atoms with E-state index in [0.29, 0.717) is 6.61 Å². The zero-order valence-corrected chi connectivity index (χ0v) is 10.8. The van der Waals surface area contributed by atoms with E-state index in [9.17, 15) is 4.79 Å². The lowest BCUT2D eigenvalue weighted by Crippen LogP contribution is -2.53. The number of methoxy groups -OCH3 is 1. The van der Waals surface area contributed by atoms with Crippen molar-refractivity contribution in [2.45, 2.75) is 12.1 Å². The highest BCUT2D eigenvalue weighted by Crippen LogP contribution is 2.28. The molecule has 19 heavy (non-hydrogen) atoms. The first kappa shape index (κ1) is 12.2. The molecule has 1 aromatic rings. The van der Waals surface area contributed by atoms with E-state index in [4.69, 9.17) is 4.74 Å². The molecule has 1 amide bonds. The Kier molecular flexibility index (Phi) is 3.23. The van der Waals surface area contributed by atoms with Crippen LogP contribution in [0.25, 0.3) is 0 Å². The van der Waals surface area contributed by atoms with E-state index in [1.54, 1.807) is 18.2 Å². The zero-order valence-electron chi connectivity index (χ0n) is 10.8. The molecule has 0 spiro atoms. The van der Waals surface area contributed by atoms with Crippen molar-refractivity contribution < 1.29 is 9.53 Å². The highest BCUT2D eigenvalue weighted by Gasteiger charge is 2.40. The highest BCUT2D eigenvalue weighted by molar-refractivity contribution is 5.89. The van der Waals surface area contributed by atoms with Gasteiger partial charge in [0.1, 0.15) is 6.17 Å². The zero-order chi connectivity index (χ0) is 13.2. The number of hydrogen-bond donors (Lipinski definition) is 2. The number of nitrogens with zero attached hydrogens (tertiary/aromatic N) is 1. The standard InChI is InChI=1S/C14H17N3O2/c1-19-9-11-7-13(18)17-14(16-11)12(8-15-17)10-5-3-2-4-6-10/h2-7,12,14-16H,8-9H2,1H3. The Morgan fingerprint density at radius 1 is 1.37 bits per heavy atom. The molecule has 2 aliphatic rings. The third kappa shape index (κ3) is 2.22. The van der Waals surface area contributed by atoms with Crippen LogP contribution >= 0.6 is 0 Å². The van der Waals surface area contributed by atoms with E-state index < -0.39 is 0 Å². The van der Waals surface area contributed by atoms with Gasteiger partial charge in [0.05, 0.1) is 6.61 Å². The number of amides is 1. The maximum atomic E-state index is 12.0. The molecule has 1 aromatic carbocycles. The lowest BCUT2D eigenvalue weighted by Gasteiger charge is -2.32. The van der Waals surface area contributed by atoms with Gasteiger partial charge in [-0.15, -0.1) is 0 Å². The summed E-state index contributed by atoms with van der Waals surface area (Å²) in [4.78, 5) is 12.0. The monoisotopic (exact) mass is 259 g/mol. The van der Waals surface area contributed by atoms with Gasteiger partial charge in [-0.05, 0) is 5.56 Å². The van der Waals surface area contributed by atoms with Gasteiger partial charge < -0.3 is 10.1 Å². The molecule has 1 saturated heterocycles. The van der Waals surface area contributed by atoms with Gasteiger partial charge in [-0.2, -0.15) is 0 Å². The third-order valence-electron chi connectivity index (χ3n) is 3.54. The maximum Gasteiger partial charge on any atom is 0.264 e. The molecular weight excluding hydrogens is 242 g/mol. The van der Waals surface area contributed by atoms with E-state index in [-0.39, 0.29) is 18.0 Å². The second-order valence-corrected chi connectivity index (χ2v) is 4.78. The largest absolute Gasteiger partial charge is 0.378 e. The summed E-state index contributed by atoms with van der Waals surface area (Å²) in [6.07, 6.45) is 1.53. The van der Waals surface area contributed by atoms with E-state index >= 15 is 0 Å². The summed E-state index contributed by atoms with van der Waals surface area (Å²) in [5.74, 6) is 0.222. The Morgan fingerprint density at radius 2 is 2.16 bits per heavy atom. The fourth-order valence-electron chi connectivity index (χ4n) is 2.66. The van der Waals surface area contributed by atoms with Crippen LogP contribution in [0.3, 0.4) is 0 Å². The molecule has 2 heterocycles. The number of hydrazine groups is 1. The van der Waals surface area contributed by atoms with Crippen molar-refractivity contribution in [3.05, 3.63) is 47.7 Å². The molecule has 100 valence electrons. The van der Waals surface area contributed by atoms with Crippen LogP contribution in [0.1, 0.15) is 11.5 Å². The lowest BCUT2D eigenvalue weighted by molar-refractivity contribution is -0.131. The molecule has 0 aliphatic carbocycles. The minimum Gasteiger partial charge on any atom is -0.378 e. The number of fused-ring (bicyclic) bond motifs is 1. The predicted octanol–water partition coefficient (Wildman–Crippen LogP) is 0.577. The van der Waals surface area contributed by atoms with Gasteiger partial charge in [0.25, 0.3) is 5.91 Å². The van der Waals surface area contributed by atoms with E-state index in [1.807, 2.05) is 18.2 Å². The van der Waals surface area contributed by atoms with Crippen molar-refractivity contribution >= 4 is 5.91 Å². The summed E-state index contributed by atoms with van der Waals surface area (Å²) in [7, 11) is 1.63. The second-order valence-electron chi connectivity index (χ2n) is 4.78.